The van der Waals surface area contributed by atoms with Crippen molar-refractivity contribution in [3.05, 3.63) is 48.0 Å². The van der Waals surface area contributed by atoms with E-state index in [1.54, 1.807) is 0 Å². The van der Waals surface area contributed by atoms with Crippen molar-refractivity contribution in [1.29, 1.82) is 0 Å². The number of carbonyl (C=O) groups excluding carboxylic acids is 1. The van der Waals surface area contributed by atoms with E-state index < -0.39 is 0 Å². The van der Waals surface area contributed by atoms with E-state index >= 15 is 0 Å². The van der Waals surface area contributed by atoms with Crippen LogP contribution in [0.5, 0.6) is 0 Å². The Morgan fingerprint density at radius 1 is 0.778 bits per heavy atom. The third-order valence-electron chi connectivity index (χ3n) is 5.49. The SMILES string of the molecule is O=C(CCc1ccccc1)N1CCN(c2ccc(N3CCCC3)nn2)CC1. The molecule has 2 aromatic rings. The van der Waals surface area contributed by atoms with Crippen LogP contribution in [0.25, 0.3) is 0 Å². The molecule has 1 amide bonds. The first-order valence-electron chi connectivity index (χ1n) is 9.95. The fourth-order valence-corrected chi connectivity index (χ4v) is 3.84. The number of rotatable bonds is 5. The first-order valence-corrected chi connectivity index (χ1v) is 9.95. The van der Waals surface area contributed by atoms with Gasteiger partial charge in [0, 0.05) is 45.7 Å². The molecule has 6 heteroatoms. The van der Waals surface area contributed by atoms with Crippen LogP contribution in [-0.2, 0) is 11.2 Å². The van der Waals surface area contributed by atoms with Crippen molar-refractivity contribution in [3.63, 3.8) is 0 Å². The molecule has 0 spiro atoms. The molecule has 6 nitrogen and oxygen atoms in total. The molecular weight excluding hydrogens is 338 g/mol. The summed E-state index contributed by atoms with van der Waals surface area (Å²) in [5.74, 6) is 2.13. The van der Waals surface area contributed by atoms with Gasteiger partial charge in [0.1, 0.15) is 0 Å². The molecule has 27 heavy (non-hydrogen) atoms. The molecule has 2 aliphatic heterocycles. The molecule has 0 saturated carbocycles. The van der Waals surface area contributed by atoms with Crippen molar-refractivity contribution in [2.45, 2.75) is 25.7 Å². The minimum atomic E-state index is 0.244. The normalized spacial score (nSPS) is 17.4. The van der Waals surface area contributed by atoms with Gasteiger partial charge in [-0.2, -0.15) is 0 Å². The molecule has 0 radical (unpaired) electrons. The lowest BCUT2D eigenvalue weighted by Gasteiger charge is -2.35. The molecule has 1 aromatic carbocycles. The molecule has 0 atom stereocenters. The largest absolute Gasteiger partial charge is 0.355 e. The molecule has 0 N–H and O–H groups in total. The highest BCUT2D eigenvalue weighted by Gasteiger charge is 2.22. The Hall–Kier alpha value is -2.63. The third-order valence-corrected chi connectivity index (χ3v) is 5.49. The van der Waals surface area contributed by atoms with Gasteiger partial charge in [0.2, 0.25) is 5.91 Å². The summed E-state index contributed by atoms with van der Waals surface area (Å²) in [5, 5.41) is 8.83. The maximum atomic E-state index is 12.5. The van der Waals surface area contributed by atoms with E-state index in [2.05, 4.69) is 44.3 Å². The van der Waals surface area contributed by atoms with Gasteiger partial charge in [-0.3, -0.25) is 4.79 Å². The highest BCUT2D eigenvalue weighted by molar-refractivity contribution is 5.76. The van der Waals surface area contributed by atoms with E-state index in [0.717, 1.165) is 57.3 Å². The van der Waals surface area contributed by atoms with E-state index in [0.29, 0.717) is 6.42 Å². The smallest absolute Gasteiger partial charge is 0.223 e. The third kappa shape index (κ3) is 4.38. The van der Waals surface area contributed by atoms with Crippen LogP contribution < -0.4 is 9.80 Å². The minimum Gasteiger partial charge on any atom is -0.355 e. The first-order chi connectivity index (χ1) is 13.3. The number of hydrogen-bond donors (Lipinski definition) is 0. The van der Waals surface area contributed by atoms with Crippen LogP contribution in [0.1, 0.15) is 24.8 Å². The number of nitrogens with zero attached hydrogens (tertiary/aromatic N) is 5. The summed E-state index contributed by atoms with van der Waals surface area (Å²) in [6.45, 7) is 5.30. The number of hydrogen-bond acceptors (Lipinski definition) is 5. The topological polar surface area (TPSA) is 52.6 Å². The van der Waals surface area contributed by atoms with Crippen molar-refractivity contribution in [2.24, 2.45) is 0 Å². The minimum absolute atomic E-state index is 0.244. The predicted molar refractivity (Wildman–Crippen MR) is 107 cm³/mol. The standard InChI is InChI=1S/C21H27N5O/c27-21(11-8-18-6-2-1-3-7-18)26-16-14-25(15-17-26)20-10-9-19(22-23-20)24-12-4-5-13-24/h1-3,6-7,9-10H,4-5,8,11-17H2. The number of benzene rings is 1. The van der Waals surface area contributed by atoms with Gasteiger partial charge >= 0.3 is 0 Å². The van der Waals surface area contributed by atoms with Gasteiger partial charge < -0.3 is 14.7 Å². The Labute approximate surface area is 160 Å². The molecule has 0 aliphatic carbocycles. The van der Waals surface area contributed by atoms with Crippen molar-refractivity contribution >= 4 is 17.5 Å². The number of aryl methyl sites for hydroxylation is 1. The summed E-state index contributed by atoms with van der Waals surface area (Å²) in [5.41, 5.74) is 1.22. The summed E-state index contributed by atoms with van der Waals surface area (Å²) in [6, 6.07) is 14.3. The van der Waals surface area contributed by atoms with Crippen LogP contribution in [0.15, 0.2) is 42.5 Å². The van der Waals surface area contributed by atoms with Crippen LogP contribution >= 0.6 is 0 Å². The van der Waals surface area contributed by atoms with Gasteiger partial charge in [0.25, 0.3) is 0 Å². The van der Waals surface area contributed by atoms with Crippen LogP contribution in [0.2, 0.25) is 0 Å². The van der Waals surface area contributed by atoms with Gasteiger partial charge in [-0.25, -0.2) is 0 Å². The van der Waals surface area contributed by atoms with Gasteiger partial charge in [-0.1, -0.05) is 30.3 Å². The highest BCUT2D eigenvalue weighted by Crippen LogP contribution is 2.20. The number of carbonyl (C=O) groups is 1. The van der Waals surface area contributed by atoms with E-state index in [4.69, 9.17) is 0 Å². The van der Waals surface area contributed by atoms with Crippen LogP contribution in [0.4, 0.5) is 11.6 Å². The van der Waals surface area contributed by atoms with Gasteiger partial charge in [0.05, 0.1) is 0 Å². The fourth-order valence-electron chi connectivity index (χ4n) is 3.84. The van der Waals surface area contributed by atoms with Crippen LogP contribution in [0.3, 0.4) is 0 Å². The van der Waals surface area contributed by atoms with E-state index in [9.17, 15) is 4.79 Å². The Morgan fingerprint density at radius 2 is 1.37 bits per heavy atom. The zero-order chi connectivity index (χ0) is 18.5. The van der Waals surface area contributed by atoms with Crippen LogP contribution in [-0.4, -0.2) is 60.3 Å². The van der Waals surface area contributed by atoms with Crippen molar-refractivity contribution in [1.82, 2.24) is 15.1 Å². The lowest BCUT2D eigenvalue weighted by atomic mass is 10.1. The second kappa shape index (κ2) is 8.37. The van der Waals surface area contributed by atoms with Crippen molar-refractivity contribution < 1.29 is 4.79 Å². The molecule has 3 heterocycles. The van der Waals surface area contributed by atoms with Crippen molar-refractivity contribution in [3.8, 4) is 0 Å². The second-order valence-electron chi connectivity index (χ2n) is 7.30. The molecule has 142 valence electrons. The average Bonchev–Trinajstić information content (AvgIpc) is 3.28. The molecular formula is C21H27N5O. The second-order valence-corrected chi connectivity index (χ2v) is 7.30. The molecule has 2 fully saturated rings. The molecule has 2 aliphatic rings. The highest BCUT2D eigenvalue weighted by atomic mass is 16.2. The molecule has 0 unspecified atom stereocenters. The average molecular weight is 365 g/mol. The number of anilines is 2. The molecule has 2 saturated heterocycles. The Kier molecular flexibility index (Phi) is 5.51. The number of amides is 1. The molecule has 0 bridgehead atoms. The number of aromatic nitrogens is 2. The van der Waals surface area contributed by atoms with E-state index in [1.807, 2.05) is 23.1 Å². The summed E-state index contributed by atoms with van der Waals surface area (Å²) in [4.78, 5) is 19.0. The summed E-state index contributed by atoms with van der Waals surface area (Å²) < 4.78 is 0. The summed E-state index contributed by atoms with van der Waals surface area (Å²) in [6.07, 6.45) is 3.87. The Morgan fingerprint density at radius 3 is 1.96 bits per heavy atom. The van der Waals surface area contributed by atoms with E-state index in [-0.39, 0.29) is 5.91 Å². The van der Waals surface area contributed by atoms with Gasteiger partial charge in [-0.15, -0.1) is 10.2 Å². The summed E-state index contributed by atoms with van der Waals surface area (Å²) >= 11 is 0. The van der Waals surface area contributed by atoms with Gasteiger partial charge in [0.15, 0.2) is 11.6 Å². The maximum absolute atomic E-state index is 12.5. The predicted octanol–water partition coefficient (Wildman–Crippen LogP) is 2.36. The number of piperazine rings is 1. The molecule has 4 rings (SSSR count). The quantitative estimate of drug-likeness (QED) is 0.814. The lowest BCUT2D eigenvalue weighted by Crippen LogP contribution is -2.49. The van der Waals surface area contributed by atoms with Gasteiger partial charge in [-0.05, 0) is 37.0 Å². The van der Waals surface area contributed by atoms with Crippen LogP contribution in [0, 0.1) is 0 Å². The monoisotopic (exact) mass is 365 g/mol. The zero-order valence-electron chi connectivity index (χ0n) is 15.8. The summed E-state index contributed by atoms with van der Waals surface area (Å²) in [7, 11) is 0. The Balaban J connectivity index is 1.26. The zero-order valence-corrected chi connectivity index (χ0v) is 15.8. The fraction of sp³-hybridized carbons (Fsp3) is 0.476. The molecule has 1 aromatic heterocycles. The van der Waals surface area contributed by atoms with Crippen molar-refractivity contribution in [2.75, 3.05) is 49.1 Å². The Bertz CT molecular complexity index is 735. The maximum Gasteiger partial charge on any atom is 0.223 e. The lowest BCUT2D eigenvalue weighted by molar-refractivity contribution is -0.131. The van der Waals surface area contributed by atoms with E-state index in [1.165, 1.54) is 18.4 Å². The first kappa shape index (κ1) is 17.8.